The molecule has 6 heteroatoms. The predicted molar refractivity (Wildman–Crippen MR) is 77.6 cm³/mol. The number of amides is 2. The van der Waals surface area contributed by atoms with Gasteiger partial charge in [-0.25, -0.2) is 4.39 Å². The Morgan fingerprint density at radius 2 is 2.14 bits per heavy atom. The average Bonchev–Trinajstić information content (AvgIpc) is 2.77. The first kappa shape index (κ1) is 14.8. The van der Waals surface area contributed by atoms with Crippen molar-refractivity contribution in [2.24, 2.45) is 5.92 Å². The van der Waals surface area contributed by atoms with Gasteiger partial charge in [-0.1, -0.05) is 6.07 Å². The van der Waals surface area contributed by atoms with Crippen molar-refractivity contribution in [1.29, 1.82) is 0 Å². The van der Waals surface area contributed by atoms with Crippen molar-refractivity contribution in [2.75, 3.05) is 20.1 Å². The monoisotopic (exact) mass is 306 g/mol. The van der Waals surface area contributed by atoms with E-state index in [-0.39, 0.29) is 30.2 Å². The highest BCUT2D eigenvalue weighted by Gasteiger charge is 2.39. The lowest BCUT2D eigenvalue weighted by Gasteiger charge is -2.32. The highest BCUT2D eigenvalue weighted by molar-refractivity contribution is 5.83. The molecule has 0 spiro atoms. The number of piperidine rings is 1. The number of benzene rings is 1. The predicted octanol–water partition coefficient (Wildman–Crippen LogP) is 1.15. The molecule has 1 aromatic carbocycles. The van der Waals surface area contributed by atoms with E-state index < -0.39 is 11.6 Å². The van der Waals surface area contributed by atoms with E-state index in [2.05, 4.69) is 0 Å². The largest absolute Gasteiger partial charge is 0.505 e. The van der Waals surface area contributed by atoms with Crippen LogP contribution in [0.15, 0.2) is 18.2 Å². The molecule has 2 amide bonds. The standard InChI is InChI=1S/C16H19FN2O3/c1-18-12-4-3-11(16(18)22)8-19(9-12)15(21)7-10-2-5-14(20)13(17)6-10/h2,5-6,11-12,20H,3-4,7-9H2,1H3/t11-,12+/m0/s1. The van der Waals surface area contributed by atoms with Crippen LogP contribution in [-0.4, -0.2) is 52.9 Å². The van der Waals surface area contributed by atoms with Gasteiger partial charge in [0, 0.05) is 26.2 Å². The van der Waals surface area contributed by atoms with E-state index in [0.717, 1.165) is 12.8 Å². The van der Waals surface area contributed by atoms with Crippen LogP contribution >= 0.6 is 0 Å². The van der Waals surface area contributed by atoms with E-state index >= 15 is 0 Å². The molecule has 0 radical (unpaired) electrons. The summed E-state index contributed by atoms with van der Waals surface area (Å²) in [4.78, 5) is 28.1. The molecule has 3 aliphatic heterocycles. The van der Waals surface area contributed by atoms with E-state index in [1.165, 1.54) is 12.1 Å². The van der Waals surface area contributed by atoms with Crippen LogP contribution in [-0.2, 0) is 16.0 Å². The van der Waals surface area contributed by atoms with E-state index in [4.69, 9.17) is 0 Å². The van der Waals surface area contributed by atoms with E-state index in [9.17, 15) is 19.1 Å². The second-order valence-corrected chi connectivity index (χ2v) is 6.14. The number of halogens is 1. The Kier molecular flexibility index (Phi) is 3.76. The zero-order valence-corrected chi connectivity index (χ0v) is 12.5. The van der Waals surface area contributed by atoms with Gasteiger partial charge in [-0.15, -0.1) is 0 Å². The molecule has 1 aromatic rings. The third kappa shape index (κ3) is 2.65. The van der Waals surface area contributed by atoms with Crippen LogP contribution in [0, 0.1) is 11.7 Å². The van der Waals surface area contributed by atoms with Crippen LogP contribution in [0.1, 0.15) is 18.4 Å². The quantitative estimate of drug-likeness (QED) is 0.892. The Hall–Kier alpha value is -2.11. The molecule has 4 rings (SSSR count). The van der Waals surface area contributed by atoms with Crippen molar-refractivity contribution < 1.29 is 19.1 Å². The van der Waals surface area contributed by atoms with Crippen LogP contribution in [0.3, 0.4) is 0 Å². The van der Waals surface area contributed by atoms with Gasteiger partial charge in [0.25, 0.3) is 0 Å². The molecule has 2 atom stereocenters. The minimum atomic E-state index is -0.726. The fraction of sp³-hybridized carbons (Fsp3) is 0.500. The molecule has 3 aliphatic rings. The lowest BCUT2D eigenvalue weighted by atomic mass is 9.95. The number of likely N-dealkylation sites (N-methyl/N-ethyl adjacent to an activating group) is 1. The van der Waals surface area contributed by atoms with E-state index in [1.54, 1.807) is 22.9 Å². The summed E-state index contributed by atoms with van der Waals surface area (Å²) >= 11 is 0. The van der Waals surface area contributed by atoms with E-state index in [1.807, 2.05) is 0 Å². The van der Waals surface area contributed by atoms with Gasteiger partial charge in [0.1, 0.15) is 0 Å². The molecule has 0 aliphatic carbocycles. The summed E-state index contributed by atoms with van der Waals surface area (Å²) in [7, 11) is 1.79. The Morgan fingerprint density at radius 1 is 1.36 bits per heavy atom. The summed E-state index contributed by atoms with van der Waals surface area (Å²) in [5, 5.41) is 9.19. The second-order valence-electron chi connectivity index (χ2n) is 6.14. The fourth-order valence-corrected chi connectivity index (χ4v) is 3.31. The summed E-state index contributed by atoms with van der Waals surface area (Å²) < 4.78 is 13.3. The van der Waals surface area contributed by atoms with Crippen LogP contribution in [0.25, 0.3) is 0 Å². The molecule has 3 fully saturated rings. The van der Waals surface area contributed by atoms with Gasteiger partial charge >= 0.3 is 0 Å². The van der Waals surface area contributed by atoms with Crippen molar-refractivity contribution in [3.05, 3.63) is 29.6 Å². The normalized spacial score (nSPS) is 24.5. The molecular formula is C16H19FN2O3. The Labute approximate surface area is 128 Å². The molecule has 0 saturated carbocycles. The number of fused-ring (bicyclic) bond motifs is 4. The van der Waals surface area contributed by atoms with Crippen molar-refractivity contribution in [1.82, 2.24) is 9.80 Å². The number of carbonyl (C=O) groups excluding carboxylic acids is 2. The van der Waals surface area contributed by atoms with Crippen molar-refractivity contribution in [2.45, 2.75) is 25.3 Å². The molecule has 3 heterocycles. The lowest BCUT2D eigenvalue weighted by Crippen LogP contribution is -2.45. The third-order valence-electron chi connectivity index (χ3n) is 4.68. The number of phenols is 1. The fourth-order valence-electron chi connectivity index (χ4n) is 3.31. The van der Waals surface area contributed by atoms with Gasteiger partial charge in [-0.05, 0) is 30.5 Å². The smallest absolute Gasteiger partial charge is 0.227 e. The van der Waals surface area contributed by atoms with Gasteiger partial charge in [0.15, 0.2) is 11.6 Å². The Balaban J connectivity index is 1.72. The lowest BCUT2D eigenvalue weighted by molar-refractivity contribution is -0.138. The van der Waals surface area contributed by atoms with Crippen LogP contribution in [0.2, 0.25) is 0 Å². The maximum atomic E-state index is 13.3. The number of hydrogen-bond donors (Lipinski definition) is 1. The Bertz CT molecular complexity index is 619. The molecule has 5 nitrogen and oxygen atoms in total. The number of carbonyl (C=O) groups is 2. The van der Waals surface area contributed by atoms with Crippen LogP contribution < -0.4 is 0 Å². The average molecular weight is 306 g/mol. The Morgan fingerprint density at radius 3 is 2.86 bits per heavy atom. The summed E-state index contributed by atoms with van der Waals surface area (Å²) in [6.07, 6.45) is 1.82. The van der Waals surface area contributed by atoms with Crippen LogP contribution in [0.5, 0.6) is 5.75 Å². The first-order valence-electron chi connectivity index (χ1n) is 7.47. The molecule has 22 heavy (non-hydrogen) atoms. The first-order valence-corrected chi connectivity index (χ1v) is 7.47. The highest BCUT2D eigenvalue weighted by Crippen LogP contribution is 2.28. The van der Waals surface area contributed by atoms with Crippen molar-refractivity contribution in [3.8, 4) is 5.75 Å². The molecule has 118 valence electrons. The maximum absolute atomic E-state index is 13.3. The molecule has 0 aromatic heterocycles. The zero-order chi connectivity index (χ0) is 15.9. The first-order chi connectivity index (χ1) is 10.5. The second kappa shape index (κ2) is 5.59. The van der Waals surface area contributed by atoms with Gasteiger partial charge in [0.2, 0.25) is 11.8 Å². The minimum absolute atomic E-state index is 0.0757. The number of rotatable bonds is 2. The molecule has 3 saturated heterocycles. The highest BCUT2D eigenvalue weighted by atomic mass is 19.1. The van der Waals surface area contributed by atoms with Gasteiger partial charge in [0.05, 0.1) is 12.3 Å². The van der Waals surface area contributed by atoms with Crippen molar-refractivity contribution in [3.63, 3.8) is 0 Å². The number of aromatic hydroxyl groups is 1. The van der Waals surface area contributed by atoms with Gasteiger partial charge in [-0.3, -0.25) is 9.59 Å². The number of nitrogens with zero attached hydrogens (tertiary/aromatic N) is 2. The maximum Gasteiger partial charge on any atom is 0.227 e. The number of hydrogen-bond acceptors (Lipinski definition) is 3. The zero-order valence-electron chi connectivity index (χ0n) is 12.5. The molecular weight excluding hydrogens is 287 g/mol. The number of phenolic OH excluding ortho intramolecular Hbond substituents is 1. The summed E-state index contributed by atoms with van der Waals surface area (Å²) in [5.41, 5.74) is 0.525. The minimum Gasteiger partial charge on any atom is -0.505 e. The summed E-state index contributed by atoms with van der Waals surface area (Å²) in [6.45, 7) is 0.983. The van der Waals surface area contributed by atoms with Gasteiger partial charge < -0.3 is 14.9 Å². The third-order valence-corrected chi connectivity index (χ3v) is 4.68. The van der Waals surface area contributed by atoms with Crippen molar-refractivity contribution >= 4 is 11.8 Å². The molecule has 1 N–H and O–H groups in total. The van der Waals surface area contributed by atoms with Gasteiger partial charge in [-0.2, -0.15) is 0 Å². The SMILES string of the molecule is CN1C(=O)[C@H]2CC[C@@H]1CN(C(=O)Cc1ccc(O)c(F)c1)C2. The van der Waals surface area contributed by atoms with E-state index in [0.29, 0.717) is 18.7 Å². The van der Waals surface area contributed by atoms with Crippen LogP contribution in [0.4, 0.5) is 4.39 Å². The topological polar surface area (TPSA) is 60.9 Å². The molecule has 0 unspecified atom stereocenters. The molecule has 2 bridgehead atoms. The summed E-state index contributed by atoms with van der Waals surface area (Å²) in [5.74, 6) is -1.26. The summed E-state index contributed by atoms with van der Waals surface area (Å²) in [6, 6.07) is 4.05.